The van der Waals surface area contributed by atoms with Crippen LogP contribution >= 0.6 is 11.6 Å². The Hall–Kier alpha value is -2.25. The van der Waals surface area contributed by atoms with Crippen LogP contribution in [0.1, 0.15) is 37.4 Å². The number of anilines is 1. The number of amides is 1. The van der Waals surface area contributed by atoms with Crippen molar-refractivity contribution in [2.24, 2.45) is 0 Å². The average molecular weight is 437 g/mol. The molecule has 1 amide bonds. The van der Waals surface area contributed by atoms with E-state index >= 15 is 0 Å². The van der Waals surface area contributed by atoms with E-state index in [2.05, 4.69) is 5.32 Å². The molecule has 0 spiro atoms. The van der Waals surface area contributed by atoms with Crippen LogP contribution in [0.3, 0.4) is 0 Å². The van der Waals surface area contributed by atoms with Gasteiger partial charge in [-0.3, -0.25) is 9.10 Å². The van der Waals surface area contributed by atoms with Crippen LogP contribution in [-0.2, 0) is 14.8 Å². The van der Waals surface area contributed by atoms with E-state index in [0.29, 0.717) is 17.1 Å². The SMILES string of the molecule is Cc1ccc2c(c1)[C@H](NC(=O)CN(c1cccc(Cl)c1)S(C)(=O)=O)CC(C)(C)O2. The molecule has 2 aromatic rings. The Morgan fingerprint density at radius 3 is 2.66 bits per heavy atom. The lowest BCUT2D eigenvalue weighted by molar-refractivity contribution is -0.120. The zero-order valence-electron chi connectivity index (χ0n) is 16.9. The van der Waals surface area contributed by atoms with Crippen molar-refractivity contribution in [3.05, 3.63) is 58.6 Å². The largest absolute Gasteiger partial charge is 0.487 e. The van der Waals surface area contributed by atoms with Crippen molar-refractivity contribution in [2.45, 2.75) is 38.8 Å². The van der Waals surface area contributed by atoms with Crippen molar-refractivity contribution in [2.75, 3.05) is 17.1 Å². The molecule has 0 aliphatic carbocycles. The number of carbonyl (C=O) groups excluding carboxylic acids is 1. The molecule has 0 bridgehead atoms. The quantitative estimate of drug-likeness (QED) is 0.772. The van der Waals surface area contributed by atoms with Crippen molar-refractivity contribution in [3.63, 3.8) is 0 Å². The molecule has 0 saturated carbocycles. The van der Waals surface area contributed by atoms with Crippen molar-refractivity contribution >= 4 is 33.2 Å². The molecular weight excluding hydrogens is 412 g/mol. The maximum absolute atomic E-state index is 12.8. The molecule has 156 valence electrons. The summed E-state index contributed by atoms with van der Waals surface area (Å²) in [6, 6.07) is 12.0. The Labute approximate surface area is 176 Å². The Morgan fingerprint density at radius 1 is 1.28 bits per heavy atom. The third kappa shape index (κ3) is 5.22. The minimum absolute atomic E-state index is 0.276. The van der Waals surface area contributed by atoms with Gasteiger partial charge in [-0.25, -0.2) is 8.42 Å². The summed E-state index contributed by atoms with van der Waals surface area (Å²) in [5, 5.41) is 3.38. The van der Waals surface area contributed by atoms with Gasteiger partial charge in [0.25, 0.3) is 0 Å². The van der Waals surface area contributed by atoms with Gasteiger partial charge >= 0.3 is 0 Å². The van der Waals surface area contributed by atoms with Gasteiger partial charge < -0.3 is 10.1 Å². The minimum Gasteiger partial charge on any atom is -0.487 e. The molecule has 6 nitrogen and oxygen atoms in total. The fourth-order valence-electron chi connectivity index (χ4n) is 3.50. The molecule has 0 aromatic heterocycles. The first-order valence-electron chi connectivity index (χ1n) is 9.27. The highest BCUT2D eigenvalue weighted by molar-refractivity contribution is 7.92. The molecular formula is C21H25ClN2O4S. The summed E-state index contributed by atoms with van der Waals surface area (Å²) in [6.45, 7) is 5.56. The fourth-order valence-corrected chi connectivity index (χ4v) is 4.54. The molecule has 1 atom stereocenters. The van der Waals surface area contributed by atoms with Gasteiger partial charge in [0.1, 0.15) is 17.9 Å². The lowest BCUT2D eigenvalue weighted by Crippen LogP contribution is -2.45. The molecule has 1 aliphatic heterocycles. The topological polar surface area (TPSA) is 75.7 Å². The highest BCUT2D eigenvalue weighted by Crippen LogP contribution is 2.39. The van der Waals surface area contributed by atoms with Crippen LogP contribution in [-0.4, -0.2) is 32.7 Å². The van der Waals surface area contributed by atoms with Crippen LogP contribution in [0.5, 0.6) is 5.75 Å². The van der Waals surface area contributed by atoms with Crippen molar-refractivity contribution in [1.82, 2.24) is 5.32 Å². The van der Waals surface area contributed by atoms with Crippen LogP contribution in [0.4, 0.5) is 5.69 Å². The first-order chi connectivity index (χ1) is 13.4. The van der Waals surface area contributed by atoms with Gasteiger partial charge in [0, 0.05) is 17.0 Å². The standard InChI is InChI=1S/C21H25ClN2O4S/c1-14-8-9-19-17(10-14)18(12-21(2,3)28-19)23-20(25)13-24(29(4,26)27)16-7-5-6-15(22)11-16/h5-11,18H,12-13H2,1-4H3,(H,23,25)/t18-/m1/s1. The number of hydrogen-bond acceptors (Lipinski definition) is 4. The summed E-state index contributed by atoms with van der Waals surface area (Å²) < 4.78 is 31.7. The molecule has 0 saturated heterocycles. The van der Waals surface area contributed by atoms with E-state index in [-0.39, 0.29) is 12.6 Å². The van der Waals surface area contributed by atoms with Gasteiger partial charge in [0.2, 0.25) is 15.9 Å². The predicted molar refractivity (Wildman–Crippen MR) is 115 cm³/mol. The van der Waals surface area contributed by atoms with E-state index in [1.165, 1.54) is 6.07 Å². The number of halogens is 1. The third-order valence-electron chi connectivity index (χ3n) is 4.74. The van der Waals surface area contributed by atoms with Gasteiger partial charge in [-0.2, -0.15) is 0 Å². The van der Waals surface area contributed by atoms with E-state index in [1.54, 1.807) is 18.2 Å². The zero-order valence-corrected chi connectivity index (χ0v) is 18.5. The number of nitrogens with zero attached hydrogens (tertiary/aromatic N) is 1. The Bertz CT molecular complexity index is 1040. The number of hydrogen-bond donors (Lipinski definition) is 1. The summed E-state index contributed by atoms with van der Waals surface area (Å²) in [6.07, 6.45) is 1.64. The summed E-state index contributed by atoms with van der Waals surface area (Å²) >= 11 is 6.00. The Kier molecular flexibility index (Phi) is 5.83. The van der Waals surface area contributed by atoms with Gasteiger partial charge in [-0.1, -0.05) is 35.4 Å². The van der Waals surface area contributed by atoms with Crippen molar-refractivity contribution in [1.29, 1.82) is 0 Å². The van der Waals surface area contributed by atoms with Crippen molar-refractivity contribution < 1.29 is 17.9 Å². The Morgan fingerprint density at radius 2 is 2.00 bits per heavy atom. The molecule has 8 heteroatoms. The average Bonchev–Trinajstić information content (AvgIpc) is 2.58. The van der Waals surface area contributed by atoms with E-state index in [4.69, 9.17) is 16.3 Å². The number of ether oxygens (including phenoxy) is 1. The lowest BCUT2D eigenvalue weighted by atomic mass is 9.89. The second kappa shape index (κ2) is 7.88. The second-order valence-corrected chi connectivity index (χ2v) is 10.3. The summed E-state index contributed by atoms with van der Waals surface area (Å²) in [7, 11) is -3.67. The first kappa shape index (κ1) is 21.5. The van der Waals surface area contributed by atoms with E-state index in [1.807, 2.05) is 39.0 Å². The van der Waals surface area contributed by atoms with Crippen molar-refractivity contribution in [3.8, 4) is 5.75 Å². The van der Waals surface area contributed by atoms with Gasteiger partial charge in [0.15, 0.2) is 0 Å². The number of aryl methyl sites for hydroxylation is 1. The number of nitrogens with one attached hydrogen (secondary N) is 1. The van der Waals surface area contributed by atoms with Gasteiger partial charge in [0.05, 0.1) is 18.0 Å². The zero-order chi connectivity index (χ0) is 21.4. The van der Waals surface area contributed by atoms with Gasteiger partial charge in [-0.15, -0.1) is 0 Å². The van der Waals surface area contributed by atoms with Crippen LogP contribution in [0, 0.1) is 6.92 Å². The molecule has 2 aromatic carbocycles. The molecule has 29 heavy (non-hydrogen) atoms. The molecule has 0 radical (unpaired) electrons. The predicted octanol–water partition coefficient (Wildman–Crippen LogP) is 3.83. The van der Waals surface area contributed by atoms with Crippen LogP contribution in [0.15, 0.2) is 42.5 Å². The highest BCUT2D eigenvalue weighted by atomic mass is 35.5. The third-order valence-corrected chi connectivity index (χ3v) is 6.12. The fraction of sp³-hybridized carbons (Fsp3) is 0.381. The maximum Gasteiger partial charge on any atom is 0.241 e. The first-order valence-corrected chi connectivity index (χ1v) is 11.5. The van der Waals surface area contributed by atoms with E-state index in [9.17, 15) is 13.2 Å². The summed E-state index contributed by atoms with van der Waals surface area (Å²) in [4.78, 5) is 12.8. The van der Waals surface area contributed by atoms with Crippen LogP contribution in [0.25, 0.3) is 0 Å². The number of carbonyl (C=O) groups is 1. The number of benzene rings is 2. The van der Waals surface area contributed by atoms with E-state index in [0.717, 1.165) is 27.4 Å². The van der Waals surface area contributed by atoms with Crippen LogP contribution < -0.4 is 14.4 Å². The lowest BCUT2D eigenvalue weighted by Gasteiger charge is -2.38. The molecule has 1 N–H and O–H groups in total. The molecule has 0 fully saturated rings. The minimum atomic E-state index is -3.67. The molecule has 0 unspecified atom stereocenters. The highest BCUT2D eigenvalue weighted by Gasteiger charge is 2.35. The van der Waals surface area contributed by atoms with Gasteiger partial charge in [-0.05, 0) is 45.0 Å². The monoisotopic (exact) mass is 436 g/mol. The molecule has 3 rings (SSSR count). The Balaban J connectivity index is 1.85. The summed E-state index contributed by atoms with van der Waals surface area (Å²) in [5.41, 5.74) is 1.84. The maximum atomic E-state index is 12.8. The van der Waals surface area contributed by atoms with Crippen LogP contribution in [0.2, 0.25) is 5.02 Å². The number of fused-ring (bicyclic) bond motifs is 1. The summed E-state index contributed by atoms with van der Waals surface area (Å²) in [5.74, 6) is 0.331. The second-order valence-electron chi connectivity index (χ2n) is 7.98. The van der Waals surface area contributed by atoms with E-state index < -0.39 is 21.5 Å². The smallest absolute Gasteiger partial charge is 0.241 e. The number of sulfonamides is 1. The number of rotatable bonds is 5. The normalized spacial score (nSPS) is 17.8. The molecule has 1 aliphatic rings. The molecule has 1 heterocycles.